The molecule has 0 spiro atoms. The Hall–Kier alpha value is -1.16. The lowest BCUT2D eigenvalue weighted by molar-refractivity contribution is 0.0163. The monoisotopic (exact) mass is 201 g/mol. The first-order valence-electron chi connectivity index (χ1n) is 4.25. The smallest absolute Gasteiger partial charge is 0.270 e. The van der Waals surface area contributed by atoms with Crippen LogP contribution >= 0.6 is 0 Å². The van der Waals surface area contributed by atoms with Crippen LogP contribution in [0.2, 0.25) is 0 Å². The van der Waals surface area contributed by atoms with Crippen LogP contribution < -0.4 is 10.5 Å². The molecule has 0 radical (unpaired) electrons. The van der Waals surface area contributed by atoms with Gasteiger partial charge in [0.15, 0.2) is 0 Å². The van der Waals surface area contributed by atoms with E-state index in [-0.39, 0.29) is 12.1 Å². The van der Waals surface area contributed by atoms with Crippen molar-refractivity contribution in [2.24, 2.45) is 5.73 Å². The van der Waals surface area contributed by atoms with E-state index in [0.29, 0.717) is 11.3 Å². The summed E-state index contributed by atoms with van der Waals surface area (Å²) in [6.07, 6.45) is 0. The minimum atomic E-state index is -2.89. The Morgan fingerprint density at radius 1 is 1.43 bits per heavy atom. The van der Waals surface area contributed by atoms with Gasteiger partial charge < -0.3 is 10.5 Å². The summed E-state index contributed by atoms with van der Waals surface area (Å²) in [6, 6.07) is 4.52. The molecule has 0 heterocycles. The van der Waals surface area contributed by atoms with Gasteiger partial charge in [-0.1, -0.05) is 12.1 Å². The molecule has 78 valence electrons. The Morgan fingerprint density at radius 2 is 2.07 bits per heavy atom. The Morgan fingerprint density at radius 3 is 2.50 bits per heavy atom. The molecule has 0 saturated heterocycles. The molecule has 0 fully saturated rings. The molecule has 1 aromatic rings. The van der Waals surface area contributed by atoms with Crippen molar-refractivity contribution in [3.8, 4) is 5.75 Å². The summed E-state index contributed by atoms with van der Waals surface area (Å²) in [6.45, 7) is 0.893. The van der Waals surface area contributed by atoms with Gasteiger partial charge in [-0.3, -0.25) is 0 Å². The summed E-state index contributed by atoms with van der Waals surface area (Å²) in [5, 5.41) is 0. The van der Waals surface area contributed by atoms with Crippen molar-refractivity contribution in [3.05, 3.63) is 29.3 Å². The molecule has 0 unspecified atom stereocenters. The largest absolute Gasteiger partial charge is 0.496 e. The van der Waals surface area contributed by atoms with E-state index >= 15 is 0 Å². The van der Waals surface area contributed by atoms with Gasteiger partial charge in [-0.15, -0.1) is 0 Å². The number of hydrogen-bond donors (Lipinski definition) is 1. The van der Waals surface area contributed by atoms with Crippen LogP contribution in [0.3, 0.4) is 0 Å². The molecule has 4 heteroatoms. The van der Waals surface area contributed by atoms with Crippen LogP contribution in [-0.4, -0.2) is 7.11 Å². The Bertz CT molecular complexity index is 320. The fraction of sp³-hybridized carbons (Fsp3) is 0.400. The SMILES string of the molecule is COc1cccc(C(C)(F)F)c1CN. The summed E-state index contributed by atoms with van der Waals surface area (Å²) >= 11 is 0. The summed E-state index contributed by atoms with van der Waals surface area (Å²) in [7, 11) is 1.44. The predicted molar refractivity (Wildman–Crippen MR) is 50.5 cm³/mol. The highest BCUT2D eigenvalue weighted by Gasteiger charge is 2.28. The summed E-state index contributed by atoms with van der Waals surface area (Å²) < 4.78 is 31.2. The molecule has 14 heavy (non-hydrogen) atoms. The molecule has 1 aromatic carbocycles. The van der Waals surface area contributed by atoms with Gasteiger partial charge in [-0.2, -0.15) is 0 Å². The second-order valence-corrected chi connectivity index (χ2v) is 3.08. The van der Waals surface area contributed by atoms with Crippen molar-refractivity contribution < 1.29 is 13.5 Å². The standard InChI is InChI=1S/C10H13F2NO/c1-10(11,12)8-4-3-5-9(14-2)7(8)6-13/h3-5H,6,13H2,1-2H3. The summed E-state index contributed by atoms with van der Waals surface area (Å²) in [4.78, 5) is 0. The van der Waals surface area contributed by atoms with Crippen LogP contribution in [0.5, 0.6) is 5.75 Å². The molecular weight excluding hydrogens is 188 g/mol. The van der Waals surface area contributed by atoms with Gasteiger partial charge in [-0.05, 0) is 6.07 Å². The van der Waals surface area contributed by atoms with Crippen molar-refractivity contribution in [2.75, 3.05) is 7.11 Å². The average Bonchev–Trinajstić information content (AvgIpc) is 2.15. The third-order valence-electron chi connectivity index (χ3n) is 2.03. The zero-order valence-corrected chi connectivity index (χ0v) is 8.18. The van der Waals surface area contributed by atoms with Crippen LogP contribution in [0.1, 0.15) is 18.1 Å². The normalized spacial score (nSPS) is 11.5. The zero-order chi connectivity index (χ0) is 10.8. The maximum atomic E-state index is 13.1. The van der Waals surface area contributed by atoms with Gasteiger partial charge in [-0.25, -0.2) is 8.78 Å². The maximum absolute atomic E-state index is 13.1. The van der Waals surface area contributed by atoms with Crippen LogP contribution in [-0.2, 0) is 12.5 Å². The van der Waals surface area contributed by atoms with Crippen LogP contribution in [0, 0.1) is 0 Å². The Labute approximate surface area is 81.7 Å². The molecule has 0 aromatic heterocycles. The number of halogens is 2. The van der Waals surface area contributed by atoms with Crippen molar-refractivity contribution >= 4 is 0 Å². The number of methoxy groups -OCH3 is 1. The fourth-order valence-corrected chi connectivity index (χ4v) is 1.38. The van der Waals surface area contributed by atoms with E-state index in [1.165, 1.54) is 19.2 Å². The second kappa shape index (κ2) is 3.92. The van der Waals surface area contributed by atoms with Crippen molar-refractivity contribution in [1.82, 2.24) is 0 Å². The van der Waals surface area contributed by atoms with Gasteiger partial charge in [0, 0.05) is 24.6 Å². The number of ether oxygens (including phenoxy) is 1. The maximum Gasteiger partial charge on any atom is 0.270 e. The molecule has 0 aliphatic carbocycles. The van der Waals surface area contributed by atoms with Crippen molar-refractivity contribution in [2.45, 2.75) is 19.4 Å². The van der Waals surface area contributed by atoms with Gasteiger partial charge in [0.25, 0.3) is 5.92 Å². The van der Waals surface area contributed by atoms with E-state index in [4.69, 9.17) is 10.5 Å². The predicted octanol–water partition coefficient (Wildman–Crippen LogP) is 2.27. The zero-order valence-electron chi connectivity index (χ0n) is 8.18. The van der Waals surface area contributed by atoms with Crippen LogP contribution in [0.4, 0.5) is 8.78 Å². The quantitative estimate of drug-likeness (QED) is 0.814. The Kier molecular flexibility index (Phi) is 3.06. The average molecular weight is 201 g/mol. The topological polar surface area (TPSA) is 35.2 Å². The summed E-state index contributed by atoms with van der Waals surface area (Å²) in [5.41, 5.74) is 5.70. The minimum absolute atomic E-state index is 0.0444. The molecule has 0 bridgehead atoms. The number of nitrogens with two attached hydrogens (primary N) is 1. The highest BCUT2D eigenvalue weighted by atomic mass is 19.3. The molecule has 0 aliphatic rings. The molecule has 0 amide bonds. The highest BCUT2D eigenvalue weighted by Crippen LogP contribution is 2.33. The van der Waals surface area contributed by atoms with Gasteiger partial charge >= 0.3 is 0 Å². The third kappa shape index (κ3) is 2.01. The summed E-state index contributed by atoms with van der Waals surface area (Å²) in [5.74, 6) is -2.48. The number of benzene rings is 1. The third-order valence-corrected chi connectivity index (χ3v) is 2.03. The van der Waals surface area contributed by atoms with E-state index in [0.717, 1.165) is 6.92 Å². The van der Waals surface area contributed by atoms with E-state index < -0.39 is 5.92 Å². The molecule has 2 nitrogen and oxygen atoms in total. The minimum Gasteiger partial charge on any atom is -0.496 e. The molecule has 2 N–H and O–H groups in total. The number of hydrogen-bond acceptors (Lipinski definition) is 2. The van der Waals surface area contributed by atoms with E-state index in [2.05, 4.69) is 0 Å². The second-order valence-electron chi connectivity index (χ2n) is 3.08. The van der Waals surface area contributed by atoms with Crippen LogP contribution in [0.15, 0.2) is 18.2 Å². The van der Waals surface area contributed by atoms with E-state index in [1.807, 2.05) is 0 Å². The Balaban J connectivity index is 3.29. The number of alkyl halides is 2. The molecule has 0 atom stereocenters. The lowest BCUT2D eigenvalue weighted by Crippen LogP contribution is -2.14. The lowest BCUT2D eigenvalue weighted by atomic mass is 10.0. The highest BCUT2D eigenvalue weighted by molar-refractivity contribution is 5.42. The van der Waals surface area contributed by atoms with Gasteiger partial charge in [0.1, 0.15) is 5.75 Å². The lowest BCUT2D eigenvalue weighted by Gasteiger charge is -2.17. The molecule has 0 saturated carbocycles. The number of rotatable bonds is 3. The van der Waals surface area contributed by atoms with Gasteiger partial charge in [0.05, 0.1) is 7.11 Å². The fourth-order valence-electron chi connectivity index (χ4n) is 1.38. The van der Waals surface area contributed by atoms with E-state index in [9.17, 15) is 8.78 Å². The van der Waals surface area contributed by atoms with Crippen molar-refractivity contribution in [3.63, 3.8) is 0 Å². The first-order valence-corrected chi connectivity index (χ1v) is 4.25. The molecular formula is C10H13F2NO. The van der Waals surface area contributed by atoms with Gasteiger partial charge in [0.2, 0.25) is 0 Å². The van der Waals surface area contributed by atoms with E-state index in [1.54, 1.807) is 6.07 Å². The molecule has 1 rings (SSSR count). The van der Waals surface area contributed by atoms with Crippen molar-refractivity contribution in [1.29, 1.82) is 0 Å². The first-order chi connectivity index (χ1) is 6.50. The first kappa shape index (κ1) is 10.9. The van der Waals surface area contributed by atoms with Crippen LogP contribution in [0.25, 0.3) is 0 Å². The molecule has 0 aliphatic heterocycles.